The fourth-order valence-corrected chi connectivity index (χ4v) is 5.56. The number of aliphatic hydroxyl groups excluding tert-OH is 1. The molecule has 0 aromatic rings. The summed E-state index contributed by atoms with van der Waals surface area (Å²) in [7, 11) is 0. The zero-order valence-electron chi connectivity index (χ0n) is 11.9. The molecule has 4 heterocycles. The zero-order valence-corrected chi connectivity index (χ0v) is 11.9. The first-order chi connectivity index (χ1) is 9.60. The normalized spacial score (nSPS) is 51.4. The number of hydrogen-bond acceptors (Lipinski definition) is 3. The van der Waals surface area contributed by atoms with E-state index in [1.54, 1.807) is 0 Å². The standard InChI is InChI=1S/C15H24N2O3/c18-13-6-5-12-11-4-2-8-17(20)7-1-3-10(14(11)17)9-16(12)15(13)19/h10-14,18H,1-9H2/t10-,11+,12+,13-,14-,17+/m0/s1. The molecule has 1 N–H and O–H groups in total. The number of piperidine rings is 4. The zero-order chi connectivity index (χ0) is 13.9. The van der Waals surface area contributed by atoms with Crippen LogP contribution in [0, 0.1) is 17.0 Å². The maximum atomic E-state index is 13.1. The van der Waals surface area contributed by atoms with E-state index in [-0.39, 0.29) is 22.6 Å². The number of aliphatic hydroxyl groups is 1. The summed E-state index contributed by atoms with van der Waals surface area (Å²) in [5.41, 5.74) is 0. The lowest BCUT2D eigenvalue weighted by Gasteiger charge is -2.64. The van der Waals surface area contributed by atoms with Gasteiger partial charge in [-0.25, -0.2) is 0 Å². The molecule has 0 spiro atoms. The van der Waals surface area contributed by atoms with Gasteiger partial charge in [0.15, 0.2) is 0 Å². The van der Waals surface area contributed by atoms with E-state index in [0.29, 0.717) is 24.8 Å². The van der Waals surface area contributed by atoms with Crippen molar-refractivity contribution in [3.05, 3.63) is 5.21 Å². The molecular weight excluding hydrogens is 256 g/mol. The molecule has 4 rings (SSSR count). The number of carbonyl (C=O) groups is 1. The van der Waals surface area contributed by atoms with Crippen molar-refractivity contribution in [2.45, 2.75) is 56.7 Å². The predicted octanol–water partition coefficient (Wildman–Crippen LogP) is 0.855. The van der Waals surface area contributed by atoms with Crippen LogP contribution in [0.15, 0.2) is 0 Å². The first kappa shape index (κ1) is 13.0. The number of quaternary nitrogens is 1. The second-order valence-electron chi connectivity index (χ2n) is 7.25. The first-order valence-corrected chi connectivity index (χ1v) is 8.16. The van der Waals surface area contributed by atoms with Gasteiger partial charge in [0, 0.05) is 24.4 Å². The molecule has 20 heavy (non-hydrogen) atoms. The molecule has 0 bridgehead atoms. The molecule has 5 nitrogen and oxygen atoms in total. The summed E-state index contributed by atoms with van der Waals surface area (Å²) in [6, 6.07) is 0.443. The largest absolute Gasteiger partial charge is 0.633 e. The van der Waals surface area contributed by atoms with E-state index >= 15 is 0 Å². The number of hydroxylamine groups is 3. The van der Waals surface area contributed by atoms with E-state index < -0.39 is 6.10 Å². The molecule has 0 unspecified atom stereocenters. The van der Waals surface area contributed by atoms with E-state index in [1.165, 1.54) is 0 Å². The van der Waals surface area contributed by atoms with E-state index in [9.17, 15) is 15.1 Å². The number of carbonyl (C=O) groups excluding carboxylic acids is 1. The number of hydrogen-bond donors (Lipinski definition) is 1. The Bertz CT molecular complexity index is 425. The number of amides is 1. The van der Waals surface area contributed by atoms with Crippen LogP contribution in [0.4, 0.5) is 0 Å². The average Bonchev–Trinajstić information content (AvgIpc) is 2.43. The van der Waals surface area contributed by atoms with Crippen molar-refractivity contribution >= 4 is 5.91 Å². The van der Waals surface area contributed by atoms with Gasteiger partial charge in [0.1, 0.15) is 6.10 Å². The molecule has 112 valence electrons. The van der Waals surface area contributed by atoms with Gasteiger partial charge in [-0.3, -0.25) is 4.79 Å². The molecular formula is C15H24N2O3. The van der Waals surface area contributed by atoms with Crippen molar-refractivity contribution in [2.75, 3.05) is 19.6 Å². The van der Waals surface area contributed by atoms with Gasteiger partial charge < -0.3 is 19.9 Å². The fraction of sp³-hybridized carbons (Fsp3) is 0.933. The molecule has 1 amide bonds. The molecule has 0 saturated carbocycles. The number of nitrogens with zero attached hydrogens (tertiary/aromatic N) is 2. The molecule has 5 heteroatoms. The smallest absolute Gasteiger partial charge is 0.251 e. The molecule has 4 aliphatic heterocycles. The summed E-state index contributed by atoms with van der Waals surface area (Å²) in [5, 5.41) is 23.0. The molecule has 4 aliphatic rings. The second-order valence-corrected chi connectivity index (χ2v) is 7.25. The number of fused-ring (bicyclic) bond motifs is 2. The third-order valence-electron chi connectivity index (χ3n) is 6.28. The molecule has 4 saturated heterocycles. The highest BCUT2D eigenvalue weighted by Gasteiger charge is 2.56. The Balaban J connectivity index is 1.68. The van der Waals surface area contributed by atoms with Crippen LogP contribution < -0.4 is 0 Å². The predicted molar refractivity (Wildman–Crippen MR) is 73.3 cm³/mol. The lowest BCUT2D eigenvalue weighted by Crippen LogP contribution is -2.72. The summed E-state index contributed by atoms with van der Waals surface area (Å²) in [5.74, 6) is 0.647. The first-order valence-electron chi connectivity index (χ1n) is 8.16. The minimum atomic E-state index is -0.804. The van der Waals surface area contributed by atoms with E-state index in [4.69, 9.17) is 0 Å². The molecule has 4 fully saturated rings. The van der Waals surface area contributed by atoms with Crippen molar-refractivity contribution in [3.8, 4) is 0 Å². The Morgan fingerprint density at radius 2 is 1.90 bits per heavy atom. The van der Waals surface area contributed by atoms with Gasteiger partial charge in [0.05, 0.1) is 19.1 Å². The third-order valence-corrected chi connectivity index (χ3v) is 6.28. The Morgan fingerprint density at radius 1 is 1.15 bits per heavy atom. The summed E-state index contributed by atoms with van der Waals surface area (Å²) in [4.78, 5) is 14.2. The topological polar surface area (TPSA) is 63.6 Å². The van der Waals surface area contributed by atoms with Gasteiger partial charge in [-0.1, -0.05) is 0 Å². The van der Waals surface area contributed by atoms with Crippen LogP contribution in [-0.4, -0.2) is 58.4 Å². The van der Waals surface area contributed by atoms with Crippen molar-refractivity contribution in [3.63, 3.8) is 0 Å². The quantitative estimate of drug-likeness (QED) is 0.528. The number of rotatable bonds is 0. The van der Waals surface area contributed by atoms with Crippen molar-refractivity contribution in [2.24, 2.45) is 11.8 Å². The summed E-state index contributed by atoms with van der Waals surface area (Å²) >= 11 is 0. The Hall–Kier alpha value is -0.650. The molecule has 0 aromatic carbocycles. The van der Waals surface area contributed by atoms with Crippen LogP contribution in [0.3, 0.4) is 0 Å². The SMILES string of the molecule is O=C1[C@@H](O)CC[C@@H]2[C@H]3CCC[N@+]4([O-])CCC[C@@H](CN12)[C@@H]34. The minimum absolute atomic E-state index is 0.0103. The van der Waals surface area contributed by atoms with E-state index in [2.05, 4.69) is 0 Å². The monoisotopic (exact) mass is 280 g/mol. The van der Waals surface area contributed by atoms with Crippen LogP contribution in [0.5, 0.6) is 0 Å². The van der Waals surface area contributed by atoms with Gasteiger partial charge in [-0.15, -0.1) is 0 Å². The minimum Gasteiger partial charge on any atom is -0.633 e. The highest BCUT2D eigenvalue weighted by atomic mass is 16.5. The maximum absolute atomic E-state index is 13.1. The Morgan fingerprint density at radius 3 is 2.70 bits per heavy atom. The van der Waals surface area contributed by atoms with Crippen LogP contribution >= 0.6 is 0 Å². The lowest BCUT2D eigenvalue weighted by molar-refractivity contribution is -0.925. The van der Waals surface area contributed by atoms with Crippen LogP contribution in [0.1, 0.15) is 38.5 Å². The van der Waals surface area contributed by atoms with Gasteiger partial charge in [0.2, 0.25) is 0 Å². The van der Waals surface area contributed by atoms with E-state index in [0.717, 1.165) is 45.2 Å². The third kappa shape index (κ3) is 1.69. The molecule has 0 aliphatic carbocycles. The van der Waals surface area contributed by atoms with Crippen LogP contribution in [0.2, 0.25) is 0 Å². The van der Waals surface area contributed by atoms with Crippen molar-refractivity contribution in [1.82, 2.24) is 4.90 Å². The summed E-state index contributed by atoms with van der Waals surface area (Å²) < 4.78 is 0.0103. The highest BCUT2D eigenvalue weighted by molar-refractivity contribution is 5.82. The Kier molecular flexibility index (Phi) is 2.88. The van der Waals surface area contributed by atoms with Gasteiger partial charge in [-0.05, 0) is 38.5 Å². The van der Waals surface area contributed by atoms with Crippen LogP contribution in [0.25, 0.3) is 0 Å². The van der Waals surface area contributed by atoms with Gasteiger partial charge in [-0.2, -0.15) is 0 Å². The van der Waals surface area contributed by atoms with Crippen molar-refractivity contribution in [1.29, 1.82) is 0 Å². The average molecular weight is 280 g/mol. The molecule has 6 atom stereocenters. The van der Waals surface area contributed by atoms with Crippen LogP contribution in [-0.2, 0) is 4.79 Å². The maximum Gasteiger partial charge on any atom is 0.251 e. The Labute approximate surface area is 119 Å². The van der Waals surface area contributed by atoms with Gasteiger partial charge >= 0.3 is 0 Å². The lowest BCUT2D eigenvalue weighted by atomic mass is 9.67. The fourth-order valence-electron chi connectivity index (χ4n) is 5.56. The van der Waals surface area contributed by atoms with Crippen molar-refractivity contribution < 1.29 is 14.5 Å². The second kappa shape index (κ2) is 4.42. The molecule has 0 aromatic heterocycles. The summed E-state index contributed by atoms with van der Waals surface area (Å²) in [6.07, 6.45) is 4.81. The van der Waals surface area contributed by atoms with Gasteiger partial charge in [0.25, 0.3) is 5.91 Å². The highest BCUT2D eigenvalue weighted by Crippen LogP contribution is 2.47. The summed E-state index contributed by atoms with van der Waals surface area (Å²) in [6.45, 7) is 2.27. The molecule has 0 radical (unpaired) electrons. The van der Waals surface area contributed by atoms with E-state index in [1.807, 2.05) is 4.90 Å².